The van der Waals surface area contributed by atoms with Crippen molar-refractivity contribution in [3.63, 3.8) is 0 Å². The van der Waals surface area contributed by atoms with Crippen LogP contribution in [0.1, 0.15) is 17.7 Å². The minimum absolute atomic E-state index is 0.491. The van der Waals surface area contributed by atoms with E-state index < -0.39 is 42.3 Å². The zero-order valence-corrected chi connectivity index (χ0v) is 8.96. The molecule has 1 aromatic heterocycles. The second-order valence-corrected chi connectivity index (χ2v) is 3.05. The SMILES string of the molecule is COc1nc(C(F)F)cc(CO)c1OC(F)(F)F. The van der Waals surface area contributed by atoms with E-state index in [4.69, 9.17) is 5.11 Å². The van der Waals surface area contributed by atoms with Gasteiger partial charge < -0.3 is 14.6 Å². The number of pyridine rings is 1. The maximum atomic E-state index is 12.4. The molecule has 1 N–H and O–H groups in total. The van der Waals surface area contributed by atoms with Crippen molar-refractivity contribution in [1.29, 1.82) is 0 Å². The Kier molecular flexibility index (Phi) is 4.28. The molecule has 0 radical (unpaired) electrons. The van der Waals surface area contributed by atoms with Gasteiger partial charge in [0.05, 0.1) is 13.7 Å². The van der Waals surface area contributed by atoms with E-state index in [9.17, 15) is 22.0 Å². The number of halogens is 5. The van der Waals surface area contributed by atoms with Crippen LogP contribution in [0.2, 0.25) is 0 Å². The van der Waals surface area contributed by atoms with Crippen LogP contribution in [-0.2, 0) is 6.61 Å². The van der Waals surface area contributed by atoms with Gasteiger partial charge in [-0.05, 0) is 6.07 Å². The molecule has 18 heavy (non-hydrogen) atoms. The molecule has 1 aromatic rings. The fourth-order valence-corrected chi connectivity index (χ4v) is 1.17. The number of aromatic nitrogens is 1. The molecule has 4 nitrogen and oxygen atoms in total. The molecule has 0 atom stereocenters. The highest BCUT2D eigenvalue weighted by Gasteiger charge is 2.34. The quantitative estimate of drug-likeness (QED) is 0.856. The summed E-state index contributed by atoms with van der Waals surface area (Å²) < 4.78 is 69.1. The Bertz CT molecular complexity index is 396. The summed E-state index contributed by atoms with van der Waals surface area (Å²) in [6.07, 6.45) is -8.06. The Balaban J connectivity index is 3.30. The van der Waals surface area contributed by atoms with Crippen molar-refractivity contribution in [3.8, 4) is 11.6 Å². The lowest BCUT2D eigenvalue weighted by atomic mass is 10.2. The van der Waals surface area contributed by atoms with Gasteiger partial charge in [0.1, 0.15) is 5.69 Å². The topological polar surface area (TPSA) is 51.6 Å². The van der Waals surface area contributed by atoms with Gasteiger partial charge >= 0.3 is 6.36 Å². The molecule has 0 unspecified atom stereocenters. The van der Waals surface area contributed by atoms with Gasteiger partial charge in [-0.3, -0.25) is 0 Å². The normalized spacial score (nSPS) is 11.8. The van der Waals surface area contributed by atoms with Gasteiger partial charge in [-0.1, -0.05) is 0 Å². The van der Waals surface area contributed by atoms with Gasteiger partial charge in [0.2, 0.25) is 0 Å². The number of methoxy groups -OCH3 is 1. The van der Waals surface area contributed by atoms with Crippen molar-refractivity contribution in [2.45, 2.75) is 19.4 Å². The lowest BCUT2D eigenvalue weighted by Crippen LogP contribution is -2.19. The largest absolute Gasteiger partial charge is 0.573 e. The lowest BCUT2D eigenvalue weighted by Gasteiger charge is -2.15. The molecule has 102 valence electrons. The standard InChI is InChI=1S/C9H8F5NO3/c1-17-8-6(18-9(12,13)14)4(3-16)2-5(15-8)7(10)11/h2,7,16H,3H2,1H3. The fraction of sp³-hybridized carbons (Fsp3) is 0.444. The molecule has 0 aromatic carbocycles. The number of rotatable bonds is 4. The molecule has 0 saturated carbocycles. The first-order valence-corrected chi connectivity index (χ1v) is 4.51. The Morgan fingerprint density at radius 1 is 1.39 bits per heavy atom. The van der Waals surface area contributed by atoms with Gasteiger partial charge in [-0.25, -0.2) is 13.8 Å². The molecule has 0 aliphatic carbocycles. The maximum absolute atomic E-state index is 12.4. The van der Waals surface area contributed by atoms with E-state index in [1.54, 1.807) is 0 Å². The van der Waals surface area contributed by atoms with E-state index in [1.165, 1.54) is 0 Å². The second-order valence-electron chi connectivity index (χ2n) is 3.05. The van der Waals surface area contributed by atoms with Gasteiger partial charge in [0.15, 0.2) is 5.75 Å². The Morgan fingerprint density at radius 3 is 2.39 bits per heavy atom. The summed E-state index contributed by atoms with van der Waals surface area (Å²) >= 11 is 0. The molecule has 1 rings (SSSR count). The minimum atomic E-state index is -5.05. The van der Waals surface area contributed by atoms with Crippen molar-refractivity contribution in [1.82, 2.24) is 4.98 Å². The van der Waals surface area contributed by atoms with Crippen molar-refractivity contribution in [2.24, 2.45) is 0 Å². The highest BCUT2D eigenvalue weighted by Crippen LogP contribution is 2.36. The first-order valence-electron chi connectivity index (χ1n) is 4.51. The zero-order valence-electron chi connectivity index (χ0n) is 8.96. The average molecular weight is 273 g/mol. The summed E-state index contributed by atoms with van der Waals surface area (Å²) in [6, 6.07) is 0.619. The molecular formula is C9H8F5NO3. The van der Waals surface area contributed by atoms with Gasteiger partial charge in [-0.15, -0.1) is 13.2 Å². The summed E-state index contributed by atoms with van der Waals surface area (Å²) in [5, 5.41) is 8.87. The minimum Gasteiger partial charge on any atom is -0.478 e. The molecule has 9 heteroatoms. The van der Waals surface area contributed by atoms with E-state index in [0.717, 1.165) is 7.11 Å². The van der Waals surface area contributed by atoms with E-state index in [2.05, 4.69) is 14.5 Å². The second kappa shape index (κ2) is 5.34. The highest BCUT2D eigenvalue weighted by atomic mass is 19.4. The number of hydrogen-bond donors (Lipinski definition) is 1. The molecule has 0 aliphatic rings. The smallest absolute Gasteiger partial charge is 0.478 e. The van der Waals surface area contributed by atoms with E-state index in [1.807, 2.05) is 0 Å². The van der Waals surface area contributed by atoms with Crippen LogP contribution in [0.15, 0.2) is 6.07 Å². The number of nitrogens with zero attached hydrogens (tertiary/aromatic N) is 1. The van der Waals surface area contributed by atoms with Crippen LogP contribution >= 0.6 is 0 Å². The summed E-state index contributed by atoms with van der Waals surface area (Å²) in [4.78, 5) is 3.18. The summed E-state index contributed by atoms with van der Waals surface area (Å²) in [7, 11) is 0.946. The van der Waals surface area contributed by atoms with Crippen LogP contribution in [-0.4, -0.2) is 23.6 Å². The Morgan fingerprint density at radius 2 is 2.00 bits per heavy atom. The highest BCUT2D eigenvalue weighted by molar-refractivity contribution is 5.43. The predicted octanol–water partition coefficient (Wildman–Crippen LogP) is 2.42. The first kappa shape index (κ1) is 14.4. The lowest BCUT2D eigenvalue weighted by molar-refractivity contribution is -0.275. The molecule has 1 heterocycles. The van der Waals surface area contributed by atoms with Crippen LogP contribution in [0.3, 0.4) is 0 Å². The van der Waals surface area contributed by atoms with E-state index >= 15 is 0 Å². The molecule has 0 fully saturated rings. The summed E-state index contributed by atoms with van der Waals surface area (Å²) in [6.45, 7) is -0.927. The van der Waals surface area contributed by atoms with Crippen LogP contribution in [0.4, 0.5) is 22.0 Å². The van der Waals surface area contributed by atoms with Crippen LogP contribution < -0.4 is 9.47 Å². The number of alkyl halides is 5. The number of aliphatic hydroxyl groups excluding tert-OH is 1. The van der Waals surface area contributed by atoms with Crippen LogP contribution in [0, 0.1) is 0 Å². The molecular weight excluding hydrogens is 265 g/mol. The first-order chi connectivity index (χ1) is 8.28. The Labute approximate surface area is 98.0 Å². The van der Waals surface area contributed by atoms with Crippen molar-refractivity contribution < 1.29 is 36.5 Å². The van der Waals surface area contributed by atoms with Gasteiger partial charge in [0, 0.05) is 5.56 Å². The van der Waals surface area contributed by atoms with E-state index in [0.29, 0.717) is 6.07 Å². The van der Waals surface area contributed by atoms with Crippen molar-refractivity contribution in [2.75, 3.05) is 7.11 Å². The number of hydrogen-bond acceptors (Lipinski definition) is 4. The third kappa shape index (κ3) is 3.42. The van der Waals surface area contributed by atoms with Gasteiger partial charge in [-0.2, -0.15) is 0 Å². The number of aliphatic hydroxyl groups is 1. The molecule has 0 spiro atoms. The van der Waals surface area contributed by atoms with Crippen molar-refractivity contribution >= 4 is 0 Å². The molecule has 0 amide bonds. The monoisotopic (exact) mass is 273 g/mol. The molecule has 0 aliphatic heterocycles. The summed E-state index contributed by atoms with van der Waals surface area (Å²) in [5.74, 6) is -1.70. The third-order valence-corrected chi connectivity index (χ3v) is 1.84. The molecule has 0 saturated heterocycles. The zero-order chi connectivity index (χ0) is 13.9. The van der Waals surface area contributed by atoms with Gasteiger partial charge in [0.25, 0.3) is 12.3 Å². The molecule has 0 bridgehead atoms. The maximum Gasteiger partial charge on any atom is 0.573 e. The predicted molar refractivity (Wildman–Crippen MR) is 48.4 cm³/mol. The van der Waals surface area contributed by atoms with Crippen molar-refractivity contribution in [3.05, 3.63) is 17.3 Å². The fourth-order valence-electron chi connectivity index (χ4n) is 1.17. The summed E-state index contributed by atoms with van der Waals surface area (Å²) in [5.41, 5.74) is -1.31. The van der Waals surface area contributed by atoms with Crippen LogP contribution in [0.25, 0.3) is 0 Å². The van der Waals surface area contributed by atoms with Crippen LogP contribution in [0.5, 0.6) is 11.6 Å². The third-order valence-electron chi connectivity index (χ3n) is 1.84. The Hall–Kier alpha value is -1.64. The average Bonchev–Trinajstić information content (AvgIpc) is 2.26. The van der Waals surface area contributed by atoms with E-state index in [-0.39, 0.29) is 0 Å². The number of ether oxygens (including phenoxy) is 2.